The number of carbonyl (C=O) groups excluding carboxylic acids is 1. The van der Waals surface area contributed by atoms with Gasteiger partial charge in [0.15, 0.2) is 5.78 Å². The number of ketones is 1. The van der Waals surface area contributed by atoms with E-state index < -0.39 is 0 Å². The summed E-state index contributed by atoms with van der Waals surface area (Å²) in [5.74, 6) is 1.13. The van der Waals surface area contributed by atoms with Crippen LogP contribution in [0, 0.1) is 5.82 Å². The maximum Gasteiger partial charge on any atom is 0.152 e. The summed E-state index contributed by atoms with van der Waals surface area (Å²) >= 11 is 5.73. The highest BCUT2D eigenvalue weighted by Gasteiger charge is 2.20. The summed E-state index contributed by atoms with van der Waals surface area (Å²) in [6, 6.07) is 4.94. The van der Waals surface area contributed by atoms with Crippen molar-refractivity contribution in [3.8, 4) is 0 Å². The maximum atomic E-state index is 14.3. The van der Waals surface area contributed by atoms with E-state index in [1.54, 1.807) is 24.3 Å². The lowest BCUT2D eigenvalue weighted by Crippen LogP contribution is -2.16. The SMILES string of the molecule is CC(=O)/C=C/c1ccc(/C=C/Cc2nc3c(n2C)CCC(=NCCCl)C3)c(F)c1. The second kappa shape index (κ2) is 9.79. The first-order valence-corrected chi connectivity index (χ1v) is 10.3. The van der Waals surface area contributed by atoms with E-state index in [9.17, 15) is 9.18 Å². The van der Waals surface area contributed by atoms with Crippen molar-refractivity contribution in [3.63, 3.8) is 0 Å². The summed E-state index contributed by atoms with van der Waals surface area (Å²) in [5, 5.41) is 0. The monoisotopic (exact) mass is 413 g/mol. The molecule has 0 aliphatic heterocycles. The first-order chi connectivity index (χ1) is 14.0. The zero-order valence-electron chi connectivity index (χ0n) is 16.8. The van der Waals surface area contributed by atoms with Gasteiger partial charge >= 0.3 is 0 Å². The molecule has 0 saturated heterocycles. The molecule has 0 saturated carbocycles. The molecule has 29 heavy (non-hydrogen) atoms. The molecule has 0 radical (unpaired) electrons. The van der Waals surface area contributed by atoms with Gasteiger partial charge in [-0.05, 0) is 37.5 Å². The molecule has 0 atom stereocenters. The summed E-state index contributed by atoms with van der Waals surface area (Å²) in [6.07, 6.45) is 10.0. The average Bonchev–Trinajstić information content (AvgIpc) is 3.01. The summed E-state index contributed by atoms with van der Waals surface area (Å²) in [6.45, 7) is 2.12. The molecule has 0 unspecified atom stereocenters. The lowest BCUT2D eigenvalue weighted by molar-refractivity contribution is -0.112. The Hall–Kier alpha value is -2.53. The van der Waals surface area contributed by atoms with Crippen LogP contribution in [0.25, 0.3) is 12.2 Å². The van der Waals surface area contributed by atoms with E-state index in [2.05, 4.69) is 9.56 Å². The first-order valence-electron chi connectivity index (χ1n) is 9.74. The molecular formula is C23H25ClFN3O. The Morgan fingerprint density at radius 1 is 1.34 bits per heavy atom. The molecule has 1 aliphatic rings. The molecule has 4 nitrogen and oxygen atoms in total. The van der Waals surface area contributed by atoms with Crippen molar-refractivity contribution in [1.29, 1.82) is 0 Å². The van der Waals surface area contributed by atoms with Crippen LogP contribution in [-0.2, 0) is 31.1 Å². The Labute approximate surface area is 175 Å². The maximum absolute atomic E-state index is 14.3. The molecule has 3 rings (SSSR count). The van der Waals surface area contributed by atoms with E-state index in [1.807, 2.05) is 13.1 Å². The van der Waals surface area contributed by atoms with Crippen LogP contribution in [0.5, 0.6) is 0 Å². The van der Waals surface area contributed by atoms with Crippen LogP contribution in [0.3, 0.4) is 0 Å². The van der Waals surface area contributed by atoms with Gasteiger partial charge < -0.3 is 4.57 Å². The van der Waals surface area contributed by atoms with Gasteiger partial charge in [-0.2, -0.15) is 0 Å². The lowest BCUT2D eigenvalue weighted by Gasteiger charge is -2.14. The van der Waals surface area contributed by atoms with Crippen LogP contribution in [0.15, 0.2) is 35.3 Å². The summed E-state index contributed by atoms with van der Waals surface area (Å²) in [5.41, 5.74) is 4.69. The number of benzene rings is 1. The quantitative estimate of drug-likeness (QED) is 0.492. The Morgan fingerprint density at radius 3 is 2.90 bits per heavy atom. The Kier molecular flexibility index (Phi) is 7.15. The van der Waals surface area contributed by atoms with Gasteiger partial charge in [0.2, 0.25) is 0 Å². The van der Waals surface area contributed by atoms with Crippen molar-refractivity contribution in [2.75, 3.05) is 12.4 Å². The highest BCUT2D eigenvalue weighted by Crippen LogP contribution is 2.21. The van der Waals surface area contributed by atoms with Gasteiger partial charge in [-0.25, -0.2) is 9.37 Å². The minimum Gasteiger partial charge on any atom is -0.335 e. The first kappa shape index (κ1) is 21.2. The van der Waals surface area contributed by atoms with Crippen molar-refractivity contribution in [2.45, 2.75) is 32.6 Å². The number of aliphatic imine (C=N–C) groups is 1. The van der Waals surface area contributed by atoms with Crippen LogP contribution in [-0.4, -0.2) is 33.5 Å². The minimum absolute atomic E-state index is 0.0652. The molecule has 0 bridgehead atoms. The van der Waals surface area contributed by atoms with Crippen molar-refractivity contribution < 1.29 is 9.18 Å². The molecule has 2 aromatic rings. The fourth-order valence-corrected chi connectivity index (χ4v) is 3.53. The molecule has 6 heteroatoms. The van der Waals surface area contributed by atoms with Gasteiger partial charge in [0.05, 0.1) is 12.2 Å². The van der Waals surface area contributed by atoms with Crippen molar-refractivity contribution in [3.05, 3.63) is 64.5 Å². The van der Waals surface area contributed by atoms with E-state index >= 15 is 0 Å². The number of allylic oxidation sites excluding steroid dienone is 2. The molecule has 0 amide bonds. The van der Waals surface area contributed by atoms with Crippen LogP contribution in [0.1, 0.15) is 41.7 Å². The number of carbonyl (C=O) groups is 1. The molecular weight excluding hydrogens is 389 g/mol. The Bertz CT molecular complexity index is 988. The molecule has 1 aromatic heterocycles. The number of hydrogen-bond acceptors (Lipinski definition) is 3. The normalized spacial score (nSPS) is 15.5. The highest BCUT2D eigenvalue weighted by atomic mass is 35.5. The minimum atomic E-state index is -0.314. The van der Waals surface area contributed by atoms with Gasteiger partial charge in [0, 0.05) is 42.7 Å². The lowest BCUT2D eigenvalue weighted by atomic mass is 9.99. The number of hydrogen-bond donors (Lipinski definition) is 0. The van der Waals surface area contributed by atoms with Crippen LogP contribution in [0.4, 0.5) is 4.39 Å². The van der Waals surface area contributed by atoms with Crippen LogP contribution >= 0.6 is 11.6 Å². The number of fused-ring (bicyclic) bond motifs is 1. The third-order valence-corrected chi connectivity index (χ3v) is 5.13. The number of nitrogens with zero attached hydrogens (tertiary/aromatic N) is 3. The molecule has 0 fully saturated rings. The van der Waals surface area contributed by atoms with Crippen molar-refractivity contribution in [2.24, 2.45) is 12.0 Å². The van der Waals surface area contributed by atoms with E-state index in [0.29, 0.717) is 30.0 Å². The van der Waals surface area contributed by atoms with E-state index in [1.165, 1.54) is 30.5 Å². The number of aromatic nitrogens is 2. The summed E-state index contributed by atoms with van der Waals surface area (Å²) in [7, 11) is 2.03. The smallest absolute Gasteiger partial charge is 0.152 e. The van der Waals surface area contributed by atoms with Crippen molar-refractivity contribution >= 4 is 35.2 Å². The highest BCUT2D eigenvalue weighted by molar-refractivity contribution is 6.18. The molecule has 1 heterocycles. The fraction of sp³-hybridized carbons (Fsp3) is 0.348. The van der Waals surface area contributed by atoms with E-state index in [4.69, 9.17) is 16.6 Å². The van der Waals surface area contributed by atoms with Gasteiger partial charge in [-0.3, -0.25) is 9.79 Å². The Balaban J connectivity index is 1.68. The van der Waals surface area contributed by atoms with Gasteiger partial charge in [0.1, 0.15) is 11.6 Å². The van der Waals surface area contributed by atoms with Gasteiger partial charge in [-0.15, -0.1) is 11.6 Å². The molecule has 1 aliphatic carbocycles. The molecule has 0 spiro atoms. The molecule has 1 aromatic carbocycles. The van der Waals surface area contributed by atoms with Crippen molar-refractivity contribution in [1.82, 2.24) is 9.55 Å². The predicted octanol–water partition coefficient (Wildman–Crippen LogP) is 4.59. The second-order valence-electron chi connectivity index (χ2n) is 7.13. The standard InChI is InChI=1S/C23H25ClFN3O/c1-16(29)6-7-17-8-9-18(20(25)14-17)4-3-5-23-27-21-15-19(26-13-12-24)10-11-22(21)28(23)2/h3-4,6-9,14H,5,10-13,15H2,1-2H3/b4-3+,7-6+,26-19?. The number of imidazole rings is 1. The average molecular weight is 414 g/mol. The third-order valence-electron chi connectivity index (χ3n) is 4.96. The third kappa shape index (κ3) is 5.51. The largest absolute Gasteiger partial charge is 0.335 e. The molecule has 152 valence electrons. The number of halogens is 2. The summed E-state index contributed by atoms with van der Waals surface area (Å²) < 4.78 is 16.4. The molecule has 0 N–H and O–H groups in total. The van der Waals surface area contributed by atoms with Gasteiger partial charge in [-0.1, -0.05) is 30.4 Å². The Morgan fingerprint density at radius 2 is 2.17 bits per heavy atom. The van der Waals surface area contributed by atoms with Crippen LogP contribution in [0.2, 0.25) is 0 Å². The zero-order chi connectivity index (χ0) is 20.8. The fourth-order valence-electron chi connectivity index (χ4n) is 3.45. The predicted molar refractivity (Wildman–Crippen MR) is 117 cm³/mol. The van der Waals surface area contributed by atoms with E-state index in [-0.39, 0.29) is 11.6 Å². The zero-order valence-corrected chi connectivity index (χ0v) is 17.5. The number of alkyl halides is 1. The second-order valence-corrected chi connectivity index (χ2v) is 7.50. The number of rotatable bonds is 7. The topological polar surface area (TPSA) is 47.2 Å². The van der Waals surface area contributed by atoms with Gasteiger partial charge in [0.25, 0.3) is 0 Å². The van der Waals surface area contributed by atoms with E-state index in [0.717, 1.165) is 30.8 Å². The summed E-state index contributed by atoms with van der Waals surface area (Å²) in [4.78, 5) is 20.3. The van der Waals surface area contributed by atoms with Crippen LogP contribution < -0.4 is 0 Å².